The second kappa shape index (κ2) is 8.80. The van der Waals surface area contributed by atoms with Gasteiger partial charge in [-0.15, -0.1) is 0 Å². The molecular formula is C22H20ClN3O6. The number of ether oxygens (including phenoxy) is 3. The number of benzene rings is 2. The number of hydrogen-bond acceptors (Lipinski definition) is 6. The lowest BCUT2D eigenvalue weighted by molar-refractivity contribution is -0.136. The van der Waals surface area contributed by atoms with Gasteiger partial charge < -0.3 is 24.8 Å². The summed E-state index contributed by atoms with van der Waals surface area (Å²) in [6.07, 6.45) is 0. The Labute approximate surface area is 188 Å². The van der Waals surface area contributed by atoms with Gasteiger partial charge in [0.25, 0.3) is 0 Å². The summed E-state index contributed by atoms with van der Waals surface area (Å²) < 4.78 is 15.6. The number of halogens is 1. The molecule has 166 valence electrons. The molecule has 2 aromatic rings. The maximum Gasteiger partial charge on any atom is 0.338 e. The number of urea groups is 1. The fraction of sp³-hybridized carbons (Fsp3) is 0.227. The molecule has 0 unspecified atom stereocenters. The van der Waals surface area contributed by atoms with E-state index in [1.54, 1.807) is 42.5 Å². The fourth-order valence-electron chi connectivity index (χ4n) is 3.63. The van der Waals surface area contributed by atoms with E-state index in [-0.39, 0.29) is 13.2 Å². The summed E-state index contributed by atoms with van der Waals surface area (Å²) in [5, 5.41) is 6.02. The molecule has 2 aliphatic rings. The lowest BCUT2D eigenvalue weighted by Gasteiger charge is -2.32. The quantitative estimate of drug-likeness (QED) is 0.646. The molecule has 0 aliphatic carbocycles. The molecule has 0 fully saturated rings. The topological polar surface area (TPSA) is 106 Å². The van der Waals surface area contributed by atoms with E-state index in [9.17, 15) is 14.4 Å². The molecule has 2 N–H and O–H groups in total. The summed E-state index contributed by atoms with van der Waals surface area (Å²) in [5.41, 5.74) is 1.71. The standard InChI is InChI=1S/C22H20ClN3O6/c1-30-14-7-8-17(31-2)15(9-14)24-18(27)10-26-16-11-32-21(28)19(16)20(25-22(26)29)12-3-5-13(23)6-4-12/h3-9,20H,10-11H2,1-2H3,(H,24,27)(H,25,29)/t20-/m1/s1. The Balaban J connectivity index is 1.59. The maximum atomic E-state index is 12.9. The highest BCUT2D eigenvalue weighted by Gasteiger charge is 2.42. The lowest BCUT2D eigenvalue weighted by Crippen LogP contribution is -2.49. The molecule has 0 bridgehead atoms. The SMILES string of the molecule is COc1ccc(OC)c(NC(=O)CN2C(=O)N[C@H](c3ccc(Cl)cc3)C3=C2COC3=O)c1. The van der Waals surface area contributed by atoms with Crippen molar-refractivity contribution < 1.29 is 28.6 Å². The predicted octanol–water partition coefficient (Wildman–Crippen LogP) is 2.87. The van der Waals surface area contributed by atoms with Crippen LogP contribution in [0.2, 0.25) is 5.02 Å². The molecule has 9 nitrogen and oxygen atoms in total. The van der Waals surface area contributed by atoms with Crippen molar-refractivity contribution in [3.63, 3.8) is 0 Å². The number of carbonyl (C=O) groups excluding carboxylic acids is 3. The van der Waals surface area contributed by atoms with Crippen molar-refractivity contribution in [1.29, 1.82) is 0 Å². The summed E-state index contributed by atoms with van der Waals surface area (Å²) in [5.74, 6) is -0.0607. The Morgan fingerprint density at radius 2 is 1.94 bits per heavy atom. The van der Waals surface area contributed by atoms with Gasteiger partial charge in [-0.1, -0.05) is 23.7 Å². The number of rotatable bonds is 6. The zero-order valence-corrected chi connectivity index (χ0v) is 18.1. The first-order valence-corrected chi connectivity index (χ1v) is 10.0. The minimum atomic E-state index is -0.692. The molecule has 0 spiro atoms. The fourth-order valence-corrected chi connectivity index (χ4v) is 3.75. The molecule has 3 amide bonds. The molecule has 0 saturated heterocycles. The summed E-state index contributed by atoms with van der Waals surface area (Å²) in [6, 6.07) is 10.5. The van der Waals surface area contributed by atoms with Crippen molar-refractivity contribution in [2.45, 2.75) is 6.04 Å². The monoisotopic (exact) mass is 457 g/mol. The van der Waals surface area contributed by atoms with Crippen LogP contribution in [0.5, 0.6) is 11.5 Å². The highest BCUT2D eigenvalue weighted by molar-refractivity contribution is 6.30. The van der Waals surface area contributed by atoms with Crippen molar-refractivity contribution in [3.8, 4) is 11.5 Å². The van der Waals surface area contributed by atoms with Crippen molar-refractivity contribution in [2.24, 2.45) is 0 Å². The molecule has 2 aliphatic heterocycles. The van der Waals surface area contributed by atoms with Gasteiger partial charge in [-0.05, 0) is 29.8 Å². The second-order valence-electron chi connectivity index (χ2n) is 7.07. The highest BCUT2D eigenvalue weighted by Crippen LogP contribution is 2.35. The van der Waals surface area contributed by atoms with Gasteiger partial charge in [-0.2, -0.15) is 0 Å². The van der Waals surface area contributed by atoms with Crippen LogP contribution in [0.1, 0.15) is 11.6 Å². The molecule has 1 atom stereocenters. The second-order valence-corrected chi connectivity index (χ2v) is 7.51. The first kappa shape index (κ1) is 21.5. The molecule has 2 aromatic carbocycles. The van der Waals surface area contributed by atoms with E-state index in [1.165, 1.54) is 19.1 Å². The van der Waals surface area contributed by atoms with Gasteiger partial charge in [-0.3, -0.25) is 9.69 Å². The maximum absolute atomic E-state index is 12.9. The lowest BCUT2D eigenvalue weighted by atomic mass is 9.96. The van der Waals surface area contributed by atoms with Crippen LogP contribution in [0.25, 0.3) is 0 Å². The Morgan fingerprint density at radius 3 is 2.62 bits per heavy atom. The van der Waals surface area contributed by atoms with Crippen LogP contribution in [0.15, 0.2) is 53.7 Å². The smallest absolute Gasteiger partial charge is 0.338 e. The number of cyclic esters (lactones) is 1. The Morgan fingerprint density at radius 1 is 1.19 bits per heavy atom. The zero-order valence-electron chi connectivity index (χ0n) is 17.3. The molecule has 32 heavy (non-hydrogen) atoms. The molecule has 10 heteroatoms. The van der Waals surface area contributed by atoms with E-state index in [1.807, 2.05) is 0 Å². The minimum Gasteiger partial charge on any atom is -0.497 e. The van der Waals surface area contributed by atoms with Crippen LogP contribution in [0.3, 0.4) is 0 Å². The Bertz CT molecular complexity index is 1120. The Hall–Kier alpha value is -3.72. The summed E-state index contributed by atoms with van der Waals surface area (Å²) in [7, 11) is 2.98. The van der Waals surface area contributed by atoms with Gasteiger partial charge in [0, 0.05) is 11.1 Å². The first-order valence-electron chi connectivity index (χ1n) is 9.66. The van der Waals surface area contributed by atoms with E-state index in [0.717, 1.165) is 0 Å². The van der Waals surface area contributed by atoms with Crippen LogP contribution in [-0.2, 0) is 14.3 Å². The van der Waals surface area contributed by atoms with Crippen LogP contribution in [0.4, 0.5) is 10.5 Å². The number of amides is 3. The van der Waals surface area contributed by atoms with E-state index >= 15 is 0 Å². The number of nitrogens with one attached hydrogen (secondary N) is 2. The molecule has 2 heterocycles. The highest BCUT2D eigenvalue weighted by atomic mass is 35.5. The van der Waals surface area contributed by atoms with E-state index < -0.39 is 23.9 Å². The number of hydrogen-bond donors (Lipinski definition) is 2. The van der Waals surface area contributed by atoms with Crippen LogP contribution in [0, 0.1) is 0 Å². The number of methoxy groups -OCH3 is 2. The molecule has 4 rings (SSSR count). The normalized spacial score (nSPS) is 17.5. The first-order chi connectivity index (χ1) is 15.4. The van der Waals surface area contributed by atoms with E-state index in [4.69, 9.17) is 25.8 Å². The largest absolute Gasteiger partial charge is 0.497 e. The number of nitrogens with zero attached hydrogens (tertiary/aromatic N) is 1. The van der Waals surface area contributed by atoms with Crippen molar-refractivity contribution in [3.05, 3.63) is 64.3 Å². The van der Waals surface area contributed by atoms with E-state index in [2.05, 4.69) is 10.6 Å². The number of anilines is 1. The molecule has 0 aromatic heterocycles. The van der Waals surface area contributed by atoms with Gasteiger partial charge >= 0.3 is 12.0 Å². The number of esters is 1. The van der Waals surface area contributed by atoms with Gasteiger partial charge in [0.1, 0.15) is 24.7 Å². The van der Waals surface area contributed by atoms with Gasteiger partial charge in [0.15, 0.2) is 0 Å². The summed E-state index contributed by atoms with van der Waals surface area (Å²) >= 11 is 5.95. The third kappa shape index (κ3) is 4.06. The van der Waals surface area contributed by atoms with Crippen LogP contribution in [-0.4, -0.2) is 50.2 Å². The average molecular weight is 458 g/mol. The summed E-state index contributed by atoms with van der Waals surface area (Å²) in [4.78, 5) is 39.3. The Kier molecular flexibility index (Phi) is 5.91. The minimum absolute atomic E-state index is 0.0958. The molecule has 0 radical (unpaired) electrons. The zero-order chi connectivity index (χ0) is 22.8. The average Bonchev–Trinajstić information content (AvgIpc) is 3.17. The van der Waals surface area contributed by atoms with Crippen LogP contribution < -0.4 is 20.1 Å². The summed E-state index contributed by atoms with van der Waals surface area (Å²) in [6.45, 7) is -0.420. The van der Waals surface area contributed by atoms with Crippen molar-refractivity contribution in [2.75, 3.05) is 32.7 Å². The number of carbonyl (C=O) groups is 3. The van der Waals surface area contributed by atoms with Gasteiger partial charge in [0.05, 0.1) is 37.2 Å². The van der Waals surface area contributed by atoms with E-state index in [0.29, 0.717) is 39.0 Å². The van der Waals surface area contributed by atoms with Crippen molar-refractivity contribution in [1.82, 2.24) is 10.2 Å². The third-order valence-corrected chi connectivity index (χ3v) is 5.44. The van der Waals surface area contributed by atoms with Crippen LogP contribution >= 0.6 is 11.6 Å². The third-order valence-electron chi connectivity index (χ3n) is 5.18. The molecule has 0 saturated carbocycles. The molecular weight excluding hydrogens is 438 g/mol. The predicted molar refractivity (Wildman–Crippen MR) is 116 cm³/mol. The van der Waals surface area contributed by atoms with Gasteiger partial charge in [-0.25, -0.2) is 9.59 Å². The van der Waals surface area contributed by atoms with Gasteiger partial charge in [0.2, 0.25) is 5.91 Å². The van der Waals surface area contributed by atoms with Crippen molar-refractivity contribution >= 4 is 35.2 Å².